The molecule has 0 heterocycles. The highest BCUT2D eigenvalue weighted by Gasteiger charge is 2.19. The van der Waals surface area contributed by atoms with Gasteiger partial charge in [0.05, 0.1) is 11.5 Å². The number of non-ortho nitro benzene ring substituents is 1. The highest BCUT2D eigenvalue weighted by molar-refractivity contribution is 6.48. The Morgan fingerprint density at radius 1 is 1.12 bits per heavy atom. The Balaban J connectivity index is 2.59. The molecule has 2 aromatic carbocycles. The first-order valence-electron chi connectivity index (χ1n) is 8.29. The summed E-state index contributed by atoms with van der Waals surface area (Å²) in [7, 11) is -1.25. The lowest BCUT2D eigenvalue weighted by atomic mass is 9.84. The van der Waals surface area contributed by atoms with Crippen LogP contribution in [0.1, 0.15) is 31.9 Å². The predicted octanol–water partition coefficient (Wildman–Crippen LogP) is 5.20. The van der Waals surface area contributed by atoms with Gasteiger partial charge >= 0.3 is 0 Å². The van der Waals surface area contributed by atoms with Gasteiger partial charge in [-0.05, 0) is 41.3 Å². The van der Waals surface area contributed by atoms with Gasteiger partial charge < -0.3 is 4.43 Å². The van der Waals surface area contributed by atoms with Gasteiger partial charge in [0.15, 0.2) is 9.04 Å². The van der Waals surface area contributed by atoms with Crippen molar-refractivity contribution in [2.75, 3.05) is 0 Å². The summed E-state index contributed by atoms with van der Waals surface area (Å²) >= 11 is 0. The monoisotopic (exact) mass is 361 g/mol. The lowest BCUT2D eigenvalue weighted by molar-refractivity contribution is -0.384. The molecule has 134 valence electrons. The van der Waals surface area contributed by atoms with E-state index in [1.807, 2.05) is 18.2 Å². The standard InChI is InChI=1S/C19H24FNO3Si/c1-19(2,3)14-6-8-16(13(10-14)12-24-25(4)5)17-11-15(21(22)23)7-9-18(17)20/h6-11,25H,12H2,1-5H3. The zero-order valence-corrected chi connectivity index (χ0v) is 16.5. The fourth-order valence-electron chi connectivity index (χ4n) is 2.53. The molecule has 0 unspecified atom stereocenters. The van der Waals surface area contributed by atoms with Crippen LogP contribution in [0.3, 0.4) is 0 Å². The first-order valence-corrected chi connectivity index (χ1v) is 11.1. The van der Waals surface area contributed by atoms with Gasteiger partial charge in [-0.25, -0.2) is 4.39 Å². The number of hydrogen-bond donors (Lipinski definition) is 0. The Morgan fingerprint density at radius 2 is 1.80 bits per heavy atom. The van der Waals surface area contributed by atoms with E-state index >= 15 is 0 Å². The van der Waals surface area contributed by atoms with E-state index in [-0.39, 0.29) is 16.7 Å². The van der Waals surface area contributed by atoms with Crippen LogP contribution in [0.25, 0.3) is 11.1 Å². The Morgan fingerprint density at radius 3 is 2.36 bits per heavy atom. The third-order valence-corrected chi connectivity index (χ3v) is 4.83. The van der Waals surface area contributed by atoms with Crippen molar-refractivity contribution < 1.29 is 13.7 Å². The van der Waals surface area contributed by atoms with Crippen LogP contribution in [0.2, 0.25) is 13.1 Å². The summed E-state index contributed by atoms with van der Waals surface area (Å²) in [6, 6.07) is 9.42. The van der Waals surface area contributed by atoms with E-state index in [0.717, 1.165) is 17.2 Å². The number of nitro benzene ring substituents is 1. The molecular formula is C19H24FNO3Si. The molecule has 0 N–H and O–H groups in total. The number of benzene rings is 2. The molecule has 2 rings (SSSR count). The van der Waals surface area contributed by atoms with Crippen LogP contribution in [0.15, 0.2) is 36.4 Å². The van der Waals surface area contributed by atoms with Gasteiger partial charge in [-0.3, -0.25) is 10.1 Å². The van der Waals surface area contributed by atoms with Gasteiger partial charge in [0.2, 0.25) is 0 Å². The van der Waals surface area contributed by atoms with Gasteiger partial charge in [-0.2, -0.15) is 0 Å². The van der Waals surface area contributed by atoms with Gasteiger partial charge in [0.1, 0.15) is 5.82 Å². The first kappa shape index (κ1) is 19.3. The minimum absolute atomic E-state index is 0.0518. The van der Waals surface area contributed by atoms with Gasteiger partial charge in [0, 0.05) is 17.7 Å². The van der Waals surface area contributed by atoms with Crippen molar-refractivity contribution in [2.45, 2.75) is 45.9 Å². The molecule has 0 fully saturated rings. The van der Waals surface area contributed by atoms with Crippen LogP contribution in [-0.4, -0.2) is 14.0 Å². The second-order valence-corrected chi connectivity index (χ2v) is 9.83. The second kappa shape index (κ2) is 7.45. The SMILES string of the molecule is C[SiH](C)OCc1cc(C(C)(C)C)ccc1-c1cc([N+](=O)[O-])ccc1F. The zero-order chi connectivity index (χ0) is 18.8. The molecule has 0 aliphatic rings. The van der Waals surface area contributed by atoms with Crippen LogP contribution in [0.5, 0.6) is 0 Å². The van der Waals surface area contributed by atoms with E-state index in [0.29, 0.717) is 12.2 Å². The summed E-state index contributed by atoms with van der Waals surface area (Å²) in [6.07, 6.45) is 0. The van der Waals surface area contributed by atoms with E-state index in [1.54, 1.807) is 0 Å². The third-order valence-electron chi connectivity index (χ3n) is 3.99. The Hall–Kier alpha value is -2.05. The van der Waals surface area contributed by atoms with Crippen molar-refractivity contribution >= 4 is 14.7 Å². The summed E-state index contributed by atoms with van der Waals surface area (Å²) in [5, 5.41) is 11.0. The highest BCUT2D eigenvalue weighted by Crippen LogP contribution is 2.33. The fraction of sp³-hybridized carbons (Fsp3) is 0.368. The molecule has 0 atom stereocenters. The molecule has 0 saturated heterocycles. The van der Waals surface area contributed by atoms with Crippen LogP contribution in [-0.2, 0) is 16.4 Å². The summed E-state index contributed by atoms with van der Waals surface area (Å²) in [4.78, 5) is 10.5. The minimum Gasteiger partial charge on any atom is -0.416 e. The summed E-state index contributed by atoms with van der Waals surface area (Å²) in [6.45, 7) is 10.8. The Bertz CT molecular complexity index is 785. The lowest BCUT2D eigenvalue weighted by Gasteiger charge is -2.22. The molecule has 0 amide bonds. The fourth-order valence-corrected chi connectivity index (χ4v) is 3.04. The number of hydrogen-bond acceptors (Lipinski definition) is 3. The summed E-state index contributed by atoms with van der Waals surface area (Å²) < 4.78 is 20.2. The maximum atomic E-state index is 14.4. The van der Waals surface area contributed by atoms with Crippen molar-refractivity contribution in [2.24, 2.45) is 0 Å². The molecule has 0 bridgehead atoms. The maximum absolute atomic E-state index is 14.4. The topological polar surface area (TPSA) is 52.4 Å². The quantitative estimate of drug-likeness (QED) is 0.418. The van der Waals surface area contributed by atoms with Crippen molar-refractivity contribution in [3.63, 3.8) is 0 Å². The highest BCUT2D eigenvalue weighted by atomic mass is 28.3. The molecule has 4 nitrogen and oxygen atoms in total. The van der Waals surface area contributed by atoms with Gasteiger partial charge in [-0.15, -0.1) is 0 Å². The second-order valence-electron chi connectivity index (χ2n) is 7.40. The average molecular weight is 361 g/mol. The average Bonchev–Trinajstić information content (AvgIpc) is 2.52. The molecule has 0 radical (unpaired) electrons. The minimum atomic E-state index is -1.25. The smallest absolute Gasteiger partial charge is 0.270 e. The maximum Gasteiger partial charge on any atom is 0.270 e. The van der Waals surface area contributed by atoms with Crippen molar-refractivity contribution in [1.82, 2.24) is 0 Å². The van der Waals surface area contributed by atoms with Gasteiger partial charge in [0.25, 0.3) is 5.69 Å². The van der Waals surface area contributed by atoms with E-state index in [9.17, 15) is 14.5 Å². The lowest BCUT2D eigenvalue weighted by Crippen LogP contribution is -2.13. The normalized spacial score (nSPS) is 11.8. The summed E-state index contributed by atoms with van der Waals surface area (Å²) in [5.74, 6) is -0.475. The molecule has 2 aromatic rings. The molecular weight excluding hydrogens is 337 g/mol. The van der Waals surface area contributed by atoms with Crippen molar-refractivity contribution in [3.05, 3.63) is 63.5 Å². The summed E-state index contributed by atoms with van der Waals surface area (Å²) in [5.41, 5.74) is 2.67. The number of nitrogens with zero attached hydrogens (tertiary/aromatic N) is 1. The molecule has 6 heteroatoms. The van der Waals surface area contributed by atoms with Crippen LogP contribution in [0.4, 0.5) is 10.1 Å². The molecule has 25 heavy (non-hydrogen) atoms. The molecule has 0 aliphatic carbocycles. The number of rotatable bonds is 5. The van der Waals surface area contributed by atoms with Crippen LogP contribution >= 0.6 is 0 Å². The largest absolute Gasteiger partial charge is 0.416 e. The molecule has 0 spiro atoms. The van der Waals surface area contributed by atoms with E-state index in [4.69, 9.17) is 4.43 Å². The van der Waals surface area contributed by atoms with Crippen LogP contribution in [0, 0.1) is 15.9 Å². The third kappa shape index (κ3) is 4.73. The molecule has 0 aliphatic heterocycles. The number of nitro groups is 1. The van der Waals surface area contributed by atoms with Crippen molar-refractivity contribution in [1.29, 1.82) is 0 Å². The predicted molar refractivity (Wildman–Crippen MR) is 101 cm³/mol. The Labute approximate surface area is 149 Å². The molecule has 0 aromatic heterocycles. The first-order chi connectivity index (χ1) is 11.6. The Kier molecular flexibility index (Phi) is 5.75. The van der Waals surface area contributed by atoms with E-state index < -0.39 is 19.8 Å². The number of halogens is 1. The van der Waals surface area contributed by atoms with Gasteiger partial charge in [-0.1, -0.05) is 39.0 Å². The molecule has 0 saturated carbocycles. The van der Waals surface area contributed by atoms with E-state index in [2.05, 4.69) is 33.9 Å². The van der Waals surface area contributed by atoms with Crippen molar-refractivity contribution in [3.8, 4) is 11.1 Å². The zero-order valence-electron chi connectivity index (χ0n) is 15.3. The van der Waals surface area contributed by atoms with Crippen LogP contribution < -0.4 is 0 Å². The van der Waals surface area contributed by atoms with E-state index in [1.165, 1.54) is 12.1 Å².